The van der Waals surface area contributed by atoms with E-state index in [1.54, 1.807) is 18.3 Å². The van der Waals surface area contributed by atoms with Crippen molar-refractivity contribution in [1.29, 1.82) is 0 Å². The SMILES string of the molecule is Cc1nc(CC(=O)NCC(c2cccs2)N(C)C)no1. The van der Waals surface area contributed by atoms with Gasteiger partial charge in [0.2, 0.25) is 11.8 Å². The minimum atomic E-state index is -0.103. The molecule has 1 unspecified atom stereocenters. The van der Waals surface area contributed by atoms with Crippen LogP contribution in [0.3, 0.4) is 0 Å². The molecule has 108 valence electrons. The van der Waals surface area contributed by atoms with Gasteiger partial charge in [-0.1, -0.05) is 11.2 Å². The second-order valence-corrected chi connectivity index (χ2v) is 5.68. The molecule has 7 heteroatoms. The first kappa shape index (κ1) is 14.7. The van der Waals surface area contributed by atoms with Crippen LogP contribution in [0.1, 0.15) is 22.6 Å². The number of carbonyl (C=O) groups excluding carboxylic acids is 1. The van der Waals surface area contributed by atoms with Gasteiger partial charge < -0.3 is 14.7 Å². The molecule has 0 saturated carbocycles. The number of hydrogen-bond donors (Lipinski definition) is 1. The van der Waals surface area contributed by atoms with Crippen molar-refractivity contribution in [2.75, 3.05) is 20.6 Å². The van der Waals surface area contributed by atoms with Crippen LogP contribution < -0.4 is 5.32 Å². The maximum absolute atomic E-state index is 11.9. The van der Waals surface area contributed by atoms with Crippen LogP contribution in [0.15, 0.2) is 22.0 Å². The molecule has 2 aromatic rings. The molecule has 2 rings (SSSR count). The van der Waals surface area contributed by atoms with Gasteiger partial charge >= 0.3 is 0 Å². The number of aryl methyl sites for hydroxylation is 1. The van der Waals surface area contributed by atoms with E-state index in [2.05, 4.69) is 26.4 Å². The van der Waals surface area contributed by atoms with Crippen LogP contribution in [0.4, 0.5) is 0 Å². The monoisotopic (exact) mass is 294 g/mol. The number of carbonyl (C=O) groups is 1. The lowest BCUT2D eigenvalue weighted by atomic mass is 10.2. The Morgan fingerprint density at radius 1 is 1.55 bits per heavy atom. The van der Waals surface area contributed by atoms with Gasteiger partial charge in [0.15, 0.2) is 5.82 Å². The summed E-state index contributed by atoms with van der Waals surface area (Å²) in [5.74, 6) is 0.782. The van der Waals surface area contributed by atoms with Crippen molar-refractivity contribution in [2.45, 2.75) is 19.4 Å². The predicted octanol–water partition coefficient (Wildman–Crippen LogP) is 1.40. The van der Waals surface area contributed by atoms with Crippen molar-refractivity contribution in [1.82, 2.24) is 20.4 Å². The van der Waals surface area contributed by atoms with Crippen LogP contribution >= 0.6 is 11.3 Å². The topological polar surface area (TPSA) is 71.3 Å². The largest absolute Gasteiger partial charge is 0.354 e. The van der Waals surface area contributed by atoms with E-state index in [1.165, 1.54) is 4.88 Å². The Bertz CT molecular complexity index is 550. The highest BCUT2D eigenvalue weighted by atomic mass is 32.1. The molecule has 1 amide bonds. The van der Waals surface area contributed by atoms with E-state index in [0.29, 0.717) is 18.3 Å². The molecule has 0 fully saturated rings. The molecule has 2 aromatic heterocycles. The number of rotatable bonds is 6. The molecular weight excluding hydrogens is 276 g/mol. The van der Waals surface area contributed by atoms with Gasteiger partial charge in [-0.05, 0) is 25.5 Å². The van der Waals surface area contributed by atoms with Crippen molar-refractivity contribution < 1.29 is 9.32 Å². The van der Waals surface area contributed by atoms with Crippen LogP contribution in [0, 0.1) is 6.92 Å². The molecule has 2 heterocycles. The average Bonchev–Trinajstić information content (AvgIpc) is 3.01. The summed E-state index contributed by atoms with van der Waals surface area (Å²) < 4.78 is 4.84. The first-order valence-corrected chi connectivity index (χ1v) is 7.20. The standard InChI is InChI=1S/C13H18N4O2S/c1-9-15-12(16-19-9)7-13(18)14-8-10(17(2)3)11-5-4-6-20-11/h4-6,10H,7-8H2,1-3H3,(H,14,18). The summed E-state index contributed by atoms with van der Waals surface area (Å²) in [6, 6.07) is 4.26. The highest BCUT2D eigenvalue weighted by Crippen LogP contribution is 2.22. The number of nitrogens with one attached hydrogen (secondary N) is 1. The zero-order valence-corrected chi connectivity index (χ0v) is 12.6. The average molecular weight is 294 g/mol. The molecule has 0 aliphatic heterocycles. The molecule has 0 aliphatic rings. The van der Waals surface area contributed by atoms with Gasteiger partial charge in [0.05, 0.1) is 12.5 Å². The Hall–Kier alpha value is -1.73. The molecule has 1 atom stereocenters. The van der Waals surface area contributed by atoms with Crippen molar-refractivity contribution in [3.63, 3.8) is 0 Å². The van der Waals surface area contributed by atoms with E-state index in [1.807, 2.05) is 25.5 Å². The van der Waals surface area contributed by atoms with Gasteiger partial charge in [0.1, 0.15) is 0 Å². The van der Waals surface area contributed by atoms with Crippen molar-refractivity contribution in [3.05, 3.63) is 34.1 Å². The lowest BCUT2D eigenvalue weighted by Crippen LogP contribution is -2.35. The fourth-order valence-electron chi connectivity index (χ4n) is 1.85. The summed E-state index contributed by atoms with van der Waals surface area (Å²) in [7, 11) is 4.00. The van der Waals surface area contributed by atoms with E-state index in [0.717, 1.165) is 0 Å². The Labute approximate surface area is 121 Å². The van der Waals surface area contributed by atoms with Gasteiger partial charge in [-0.2, -0.15) is 4.98 Å². The van der Waals surface area contributed by atoms with Crippen LogP contribution in [0.5, 0.6) is 0 Å². The van der Waals surface area contributed by atoms with E-state index < -0.39 is 0 Å². The molecular formula is C13H18N4O2S. The lowest BCUT2D eigenvalue weighted by Gasteiger charge is -2.23. The number of nitrogens with zero attached hydrogens (tertiary/aromatic N) is 3. The Kier molecular flexibility index (Phi) is 4.86. The minimum absolute atomic E-state index is 0.103. The lowest BCUT2D eigenvalue weighted by molar-refractivity contribution is -0.120. The number of amides is 1. The van der Waals surface area contributed by atoms with Crippen molar-refractivity contribution in [3.8, 4) is 0 Å². The normalized spacial score (nSPS) is 12.6. The zero-order chi connectivity index (χ0) is 14.5. The van der Waals surface area contributed by atoms with E-state index >= 15 is 0 Å². The Morgan fingerprint density at radius 3 is 2.90 bits per heavy atom. The molecule has 6 nitrogen and oxygen atoms in total. The maximum Gasteiger partial charge on any atom is 0.227 e. The van der Waals surface area contributed by atoms with Gasteiger partial charge in [0, 0.05) is 18.3 Å². The summed E-state index contributed by atoms with van der Waals surface area (Å²) in [5.41, 5.74) is 0. The van der Waals surface area contributed by atoms with E-state index in [4.69, 9.17) is 4.52 Å². The molecule has 0 saturated heterocycles. The number of likely N-dealkylation sites (N-methyl/N-ethyl adjacent to an activating group) is 1. The second kappa shape index (κ2) is 6.62. The fraction of sp³-hybridized carbons (Fsp3) is 0.462. The van der Waals surface area contributed by atoms with Crippen LogP contribution in [0.2, 0.25) is 0 Å². The molecule has 0 aliphatic carbocycles. The molecule has 0 aromatic carbocycles. The molecule has 0 radical (unpaired) electrons. The van der Waals surface area contributed by atoms with Crippen molar-refractivity contribution >= 4 is 17.2 Å². The predicted molar refractivity (Wildman–Crippen MR) is 76.5 cm³/mol. The van der Waals surface area contributed by atoms with Gasteiger partial charge in [-0.3, -0.25) is 4.79 Å². The van der Waals surface area contributed by atoms with Crippen LogP contribution in [-0.2, 0) is 11.2 Å². The fourth-order valence-corrected chi connectivity index (χ4v) is 2.77. The summed E-state index contributed by atoms with van der Waals surface area (Å²) in [4.78, 5) is 19.2. The second-order valence-electron chi connectivity index (χ2n) is 4.71. The third-order valence-corrected chi connectivity index (χ3v) is 3.85. The summed E-state index contributed by atoms with van der Waals surface area (Å²) in [5, 5.41) is 8.66. The Balaban J connectivity index is 1.88. The highest BCUT2D eigenvalue weighted by molar-refractivity contribution is 7.10. The maximum atomic E-state index is 11.9. The zero-order valence-electron chi connectivity index (χ0n) is 11.8. The smallest absolute Gasteiger partial charge is 0.227 e. The van der Waals surface area contributed by atoms with Crippen molar-refractivity contribution in [2.24, 2.45) is 0 Å². The van der Waals surface area contributed by atoms with Crippen LogP contribution in [-0.4, -0.2) is 41.6 Å². The third kappa shape index (κ3) is 3.88. The molecule has 1 N–H and O–H groups in total. The molecule has 0 spiro atoms. The summed E-state index contributed by atoms with van der Waals surface area (Å²) >= 11 is 1.69. The van der Waals surface area contributed by atoms with Gasteiger partial charge in [-0.25, -0.2) is 0 Å². The van der Waals surface area contributed by atoms with Gasteiger partial charge in [-0.15, -0.1) is 11.3 Å². The van der Waals surface area contributed by atoms with E-state index in [-0.39, 0.29) is 18.4 Å². The number of thiophene rings is 1. The van der Waals surface area contributed by atoms with Crippen LogP contribution in [0.25, 0.3) is 0 Å². The quantitative estimate of drug-likeness (QED) is 0.872. The third-order valence-electron chi connectivity index (χ3n) is 2.88. The number of hydrogen-bond acceptors (Lipinski definition) is 6. The summed E-state index contributed by atoms with van der Waals surface area (Å²) in [6.45, 7) is 2.26. The first-order chi connectivity index (χ1) is 9.56. The highest BCUT2D eigenvalue weighted by Gasteiger charge is 2.17. The first-order valence-electron chi connectivity index (χ1n) is 6.32. The van der Waals surface area contributed by atoms with E-state index in [9.17, 15) is 4.79 Å². The number of aromatic nitrogens is 2. The molecule has 20 heavy (non-hydrogen) atoms. The van der Waals surface area contributed by atoms with Gasteiger partial charge in [0.25, 0.3) is 0 Å². The molecule has 0 bridgehead atoms. The summed E-state index contributed by atoms with van der Waals surface area (Å²) in [6.07, 6.45) is 0.141. The Morgan fingerprint density at radius 2 is 2.35 bits per heavy atom. The minimum Gasteiger partial charge on any atom is -0.354 e.